The number of morpholine rings is 1. The highest BCUT2D eigenvalue weighted by molar-refractivity contribution is 5.90. The average Bonchev–Trinajstić information content (AvgIpc) is 2.47. The number of carbonyl (C=O) groups excluding carboxylic acids is 1. The Morgan fingerprint density at radius 2 is 2.15 bits per heavy atom. The molecule has 1 aromatic heterocycles. The molecule has 1 aliphatic heterocycles. The van der Waals surface area contributed by atoms with Crippen LogP contribution in [-0.2, 0) is 9.53 Å². The van der Waals surface area contributed by atoms with Gasteiger partial charge in [0.05, 0.1) is 25.1 Å². The van der Waals surface area contributed by atoms with Gasteiger partial charge in [-0.2, -0.15) is 0 Å². The summed E-state index contributed by atoms with van der Waals surface area (Å²) in [6, 6.07) is 3.86. The lowest BCUT2D eigenvalue weighted by molar-refractivity contribution is -0.116. The smallest absolute Gasteiger partial charge is 0.224 e. The Morgan fingerprint density at radius 1 is 1.40 bits per heavy atom. The van der Waals surface area contributed by atoms with Crippen LogP contribution in [0.4, 0.5) is 11.5 Å². The van der Waals surface area contributed by atoms with E-state index in [1.54, 1.807) is 6.20 Å². The Kier molecular flexibility index (Phi) is 5.35. The fourth-order valence-corrected chi connectivity index (χ4v) is 2.08. The maximum absolute atomic E-state index is 11.7. The van der Waals surface area contributed by atoms with Gasteiger partial charge in [0.25, 0.3) is 0 Å². The first-order valence-corrected chi connectivity index (χ1v) is 7.24. The van der Waals surface area contributed by atoms with Crippen molar-refractivity contribution in [3.63, 3.8) is 0 Å². The topological polar surface area (TPSA) is 54.5 Å². The lowest BCUT2D eigenvalue weighted by atomic mass is 10.1. The number of pyridine rings is 1. The molecule has 2 rings (SSSR count). The molecule has 0 bridgehead atoms. The number of nitrogens with one attached hydrogen (secondary N) is 1. The van der Waals surface area contributed by atoms with Gasteiger partial charge in [0.1, 0.15) is 5.82 Å². The van der Waals surface area contributed by atoms with Gasteiger partial charge in [-0.05, 0) is 24.5 Å². The van der Waals surface area contributed by atoms with E-state index in [1.807, 2.05) is 12.1 Å². The Morgan fingerprint density at radius 3 is 2.75 bits per heavy atom. The number of aromatic nitrogens is 1. The molecule has 1 N–H and O–H groups in total. The van der Waals surface area contributed by atoms with Gasteiger partial charge < -0.3 is 15.0 Å². The van der Waals surface area contributed by atoms with Gasteiger partial charge in [-0.1, -0.05) is 13.8 Å². The normalized spacial score (nSPS) is 15.4. The number of anilines is 2. The highest BCUT2D eigenvalue weighted by atomic mass is 16.5. The van der Waals surface area contributed by atoms with Gasteiger partial charge in [-0.25, -0.2) is 4.98 Å². The molecule has 2 heterocycles. The summed E-state index contributed by atoms with van der Waals surface area (Å²) < 4.78 is 5.32. The summed E-state index contributed by atoms with van der Waals surface area (Å²) in [5.41, 5.74) is 0.760. The summed E-state index contributed by atoms with van der Waals surface area (Å²) in [4.78, 5) is 18.3. The second-order valence-corrected chi connectivity index (χ2v) is 5.49. The van der Waals surface area contributed by atoms with E-state index in [0.717, 1.165) is 44.2 Å². The zero-order chi connectivity index (χ0) is 14.4. The van der Waals surface area contributed by atoms with E-state index in [0.29, 0.717) is 12.3 Å². The van der Waals surface area contributed by atoms with Crippen LogP contribution in [0, 0.1) is 5.92 Å². The number of carbonyl (C=O) groups is 1. The van der Waals surface area contributed by atoms with Crippen LogP contribution in [0.5, 0.6) is 0 Å². The van der Waals surface area contributed by atoms with Crippen LogP contribution in [0.2, 0.25) is 0 Å². The molecule has 0 aliphatic carbocycles. The first-order chi connectivity index (χ1) is 9.65. The predicted octanol–water partition coefficient (Wildman–Crippen LogP) is 2.29. The van der Waals surface area contributed by atoms with E-state index in [4.69, 9.17) is 4.74 Å². The van der Waals surface area contributed by atoms with Gasteiger partial charge in [-0.3, -0.25) is 4.79 Å². The maximum Gasteiger partial charge on any atom is 0.224 e. The summed E-state index contributed by atoms with van der Waals surface area (Å²) in [5.74, 6) is 1.54. The third-order valence-corrected chi connectivity index (χ3v) is 3.32. The van der Waals surface area contributed by atoms with E-state index in [1.165, 1.54) is 0 Å². The number of amides is 1. The van der Waals surface area contributed by atoms with Crippen molar-refractivity contribution in [1.82, 2.24) is 4.98 Å². The molecule has 110 valence electrons. The van der Waals surface area contributed by atoms with E-state index in [9.17, 15) is 4.79 Å². The molecular weight excluding hydrogens is 254 g/mol. The minimum absolute atomic E-state index is 0.0552. The van der Waals surface area contributed by atoms with Crippen LogP contribution in [-0.4, -0.2) is 37.2 Å². The van der Waals surface area contributed by atoms with Crippen molar-refractivity contribution in [2.45, 2.75) is 26.7 Å². The molecule has 0 saturated carbocycles. The van der Waals surface area contributed by atoms with Crippen LogP contribution in [0.15, 0.2) is 18.3 Å². The Bertz CT molecular complexity index is 425. The van der Waals surface area contributed by atoms with Crippen LogP contribution >= 0.6 is 0 Å². The second kappa shape index (κ2) is 7.24. The number of hydrogen-bond donors (Lipinski definition) is 1. The molecule has 0 unspecified atom stereocenters. The first-order valence-electron chi connectivity index (χ1n) is 7.24. The van der Waals surface area contributed by atoms with E-state index >= 15 is 0 Å². The number of nitrogens with zero attached hydrogens (tertiary/aromatic N) is 2. The summed E-state index contributed by atoms with van der Waals surface area (Å²) in [6.07, 6.45) is 3.19. The van der Waals surface area contributed by atoms with Crippen molar-refractivity contribution in [1.29, 1.82) is 0 Å². The number of rotatable bonds is 5. The highest BCUT2D eigenvalue weighted by Gasteiger charge is 2.12. The van der Waals surface area contributed by atoms with Gasteiger partial charge in [-0.15, -0.1) is 0 Å². The largest absolute Gasteiger partial charge is 0.378 e. The third kappa shape index (κ3) is 4.49. The second-order valence-electron chi connectivity index (χ2n) is 5.49. The monoisotopic (exact) mass is 277 g/mol. The minimum Gasteiger partial charge on any atom is -0.378 e. The molecule has 5 heteroatoms. The van der Waals surface area contributed by atoms with Crippen molar-refractivity contribution >= 4 is 17.4 Å². The summed E-state index contributed by atoms with van der Waals surface area (Å²) in [6.45, 7) is 7.46. The molecule has 1 fully saturated rings. The van der Waals surface area contributed by atoms with Crippen LogP contribution in [0.1, 0.15) is 26.7 Å². The van der Waals surface area contributed by atoms with E-state index in [-0.39, 0.29) is 5.91 Å². The standard InChI is InChI=1S/C15H23N3O2/c1-12(2)3-6-15(19)17-13-4-5-14(16-11-13)18-7-9-20-10-8-18/h4-5,11-12H,3,6-10H2,1-2H3,(H,17,19). The lowest BCUT2D eigenvalue weighted by Crippen LogP contribution is -2.36. The molecule has 1 aliphatic rings. The van der Waals surface area contributed by atoms with Crippen LogP contribution in [0.25, 0.3) is 0 Å². The fourth-order valence-electron chi connectivity index (χ4n) is 2.08. The number of hydrogen-bond acceptors (Lipinski definition) is 4. The molecule has 1 aromatic rings. The Labute approximate surface area is 120 Å². The maximum atomic E-state index is 11.7. The van der Waals surface area contributed by atoms with E-state index < -0.39 is 0 Å². The summed E-state index contributed by atoms with van der Waals surface area (Å²) in [5, 5.41) is 2.88. The van der Waals surface area contributed by atoms with Crippen molar-refractivity contribution in [2.75, 3.05) is 36.5 Å². The molecule has 20 heavy (non-hydrogen) atoms. The lowest BCUT2D eigenvalue weighted by Gasteiger charge is -2.27. The van der Waals surface area contributed by atoms with Crippen molar-refractivity contribution in [2.24, 2.45) is 5.92 Å². The highest BCUT2D eigenvalue weighted by Crippen LogP contribution is 2.16. The molecule has 0 atom stereocenters. The minimum atomic E-state index is 0.0552. The zero-order valence-electron chi connectivity index (χ0n) is 12.3. The van der Waals surface area contributed by atoms with Crippen molar-refractivity contribution in [3.8, 4) is 0 Å². The molecule has 5 nitrogen and oxygen atoms in total. The zero-order valence-corrected chi connectivity index (χ0v) is 12.3. The van der Waals surface area contributed by atoms with Gasteiger partial charge in [0.15, 0.2) is 0 Å². The Hall–Kier alpha value is -1.62. The third-order valence-electron chi connectivity index (χ3n) is 3.32. The van der Waals surface area contributed by atoms with Gasteiger partial charge in [0.2, 0.25) is 5.91 Å². The summed E-state index contributed by atoms with van der Waals surface area (Å²) in [7, 11) is 0. The summed E-state index contributed by atoms with van der Waals surface area (Å²) >= 11 is 0. The molecule has 0 spiro atoms. The molecular formula is C15H23N3O2. The first kappa shape index (κ1) is 14.8. The fraction of sp³-hybridized carbons (Fsp3) is 0.600. The molecule has 1 amide bonds. The van der Waals surface area contributed by atoms with Crippen molar-refractivity contribution < 1.29 is 9.53 Å². The van der Waals surface area contributed by atoms with Crippen LogP contribution in [0.3, 0.4) is 0 Å². The average molecular weight is 277 g/mol. The SMILES string of the molecule is CC(C)CCC(=O)Nc1ccc(N2CCOCC2)nc1. The van der Waals surface area contributed by atoms with Gasteiger partial charge >= 0.3 is 0 Å². The van der Waals surface area contributed by atoms with Crippen molar-refractivity contribution in [3.05, 3.63) is 18.3 Å². The quantitative estimate of drug-likeness (QED) is 0.897. The Balaban J connectivity index is 1.86. The molecule has 1 saturated heterocycles. The van der Waals surface area contributed by atoms with Gasteiger partial charge in [0, 0.05) is 19.5 Å². The molecule has 0 radical (unpaired) electrons. The van der Waals surface area contributed by atoms with Crippen LogP contribution < -0.4 is 10.2 Å². The molecule has 0 aromatic carbocycles. The number of ether oxygens (including phenoxy) is 1. The predicted molar refractivity (Wildman–Crippen MR) is 80.0 cm³/mol. The van der Waals surface area contributed by atoms with E-state index in [2.05, 4.69) is 29.0 Å².